The van der Waals surface area contributed by atoms with Crippen molar-refractivity contribution in [1.29, 1.82) is 0 Å². The number of nitrogens with one attached hydrogen (secondary N) is 3. The number of amides is 3. The normalized spacial score (nSPS) is 16.5. The van der Waals surface area contributed by atoms with E-state index in [1.165, 1.54) is 0 Å². The number of hydrogen-bond donors (Lipinski definition) is 3. The zero-order valence-electron chi connectivity index (χ0n) is 13.9. The maximum absolute atomic E-state index is 12.3. The van der Waals surface area contributed by atoms with Crippen molar-refractivity contribution in [3.05, 3.63) is 64.1 Å². The number of halogens is 1. The smallest absolute Gasteiger partial charge is 0.255 e. The van der Waals surface area contributed by atoms with Crippen LogP contribution in [0.5, 0.6) is 0 Å². The van der Waals surface area contributed by atoms with Crippen LogP contribution in [0, 0.1) is 0 Å². The first-order valence-electron chi connectivity index (χ1n) is 8.26. The Morgan fingerprint density at radius 3 is 2.19 bits per heavy atom. The fraction of sp³-hybridized carbons (Fsp3) is 0.211. The van der Waals surface area contributed by atoms with E-state index in [1.807, 2.05) is 0 Å². The molecule has 2 aromatic rings. The Labute approximate surface area is 159 Å². The molecule has 1 aliphatic rings. The highest BCUT2D eigenvalue weighted by Gasteiger charge is 2.20. The van der Waals surface area contributed by atoms with Crippen molar-refractivity contribution in [3.8, 4) is 0 Å². The molecule has 0 radical (unpaired) electrons. The van der Waals surface area contributed by atoms with Gasteiger partial charge in [-0.3, -0.25) is 14.4 Å². The van der Waals surface area contributed by atoms with Crippen LogP contribution in [-0.2, 0) is 4.79 Å². The summed E-state index contributed by atoms with van der Waals surface area (Å²) in [5.74, 6) is -0.397. The Morgan fingerprint density at radius 1 is 0.962 bits per heavy atom. The van der Waals surface area contributed by atoms with Crippen LogP contribution in [0.3, 0.4) is 0 Å². The van der Waals surface area contributed by atoms with Gasteiger partial charge in [-0.15, -0.1) is 0 Å². The Hall–Kier alpha value is -2.67. The molecule has 1 unspecified atom stereocenters. The van der Waals surface area contributed by atoms with E-state index in [1.54, 1.807) is 48.5 Å². The van der Waals surface area contributed by atoms with Crippen LogP contribution < -0.4 is 16.0 Å². The van der Waals surface area contributed by atoms with E-state index < -0.39 is 0 Å². The lowest BCUT2D eigenvalue weighted by atomic mass is 10.1. The van der Waals surface area contributed by atoms with Crippen LogP contribution in [-0.4, -0.2) is 30.3 Å². The summed E-state index contributed by atoms with van der Waals surface area (Å²) in [6.07, 6.45) is 1.06. The van der Waals surface area contributed by atoms with Crippen LogP contribution in [0.4, 0.5) is 5.69 Å². The highest BCUT2D eigenvalue weighted by molar-refractivity contribution is 9.10. The topological polar surface area (TPSA) is 87.3 Å². The molecule has 6 nitrogen and oxygen atoms in total. The first-order valence-corrected chi connectivity index (χ1v) is 9.05. The maximum Gasteiger partial charge on any atom is 0.255 e. The fourth-order valence-electron chi connectivity index (χ4n) is 2.63. The Balaban J connectivity index is 1.57. The van der Waals surface area contributed by atoms with Gasteiger partial charge in [-0.2, -0.15) is 0 Å². The van der Waals surface area contributed by atoms with Crippen LogP contribution >= 0.6 is 15.9 Å². The van der Waals surface area contributed by atoms with Crippen molar-refractivity contribution in [3.63, 3.8) is 0 Å². The number of carbonyl (C=O) groups excluding carboxylic acids is 3. The quantitative estimate of drug-likeness (QED) is 0.717. The summed E-state index contributed by atoms with van der Waals surface area (Å²) in [4.78, 5) is 35.6. The second kappa shape index (κ2) is 8.14. The number of piperidine rings is 1. The van der Waals surface area contributed by atoms with Crippen molar-refractivity contribution >= 4 is 39.3 Å². The molecule has 0 saturated carbocycles. The van der Waals surface area contributed by atoms with E-state index >= 15 is 0 Å². The van der Waals surface area contributed by atoms with Crippen LogP contribution in [0.1, 0.15) is 33.6 Å². The monoisotopic (exact) mass is 415 g/mol. The second-order valence-corrected chi connectivity index (χ2v) is 6.97. The number of anilines is 1. The van der Waals surface area contributed by atoms with Gasteiger partial charge in [0.05, 0.1) is 0 Å². The van der Waals surface area contributed by atoms with Gasteiger partial charge < -0.3 is 16.0 Å². The Bertz CT molecular complexity index is 809. The average Bonchev–Trinajstić information content (AvgIpc) is 2.64. The second-order valence-electron chi connectivity index (χ2n) is 6.05. The minimum absolute atomic E-state index is 0.0152. The molecule has 1 atom stereocenters. The van der Waals surface area contributed by atoms with Gasteiger partial charge in [0.2, 0.25) is 5.91 Å². The van der Waals surface area contributed by atoms with E-state index in [9.17, 15) is 14.4 Å². The molecular formula is C19H18BrN3O3. The molecule has 0 bridgehead atoms. The summed E-state index contributed by atoms with van der Waals surface area (Å²) in [7, 11) is 0. The molecule has 134 valence electrons. The molecule has 0 spiro atoms. The van der Waals surface area contributed by atoms with Gasteiger partial charge in [0, 0.05) is 40.3 Å². The van der Waals surface area contributed by atoms with Crippen molar-refractivity contribution < 1.29 is 14.4 Å². The highest BCUT2D eigenvalue weighted by atomic mass is 79.9. The zero-order valence-corrected chi connectivity index (χ0v) is 15.5. The largest absolute Gasteiger partial charge is 0.354 e. The molecular weight excluding hydrogens is 398 g/mol. The SMILES string of the molecule is O=C1CCC(NC(=O)c2ccc(NC(=O)c3ccc(Br)cc3)cc2)CN1. The standard InChI is InChI=1S/C19H18BrN3O3/c20-14-5-1-12(2-6-14)18(25)22-15-7-3-13(4-8-15)19(26)23-16-9-10-17(24)21-11-16/h1-8,16H,9-11H2,(H,21,24)(H,22,25)(H,23,26). The molecule has 3 amide bonds. The molecule has 1 fully saturated rings. The number of carbonyl (C=O) groups is 3. The minimum Gasteiger partial charge on any atom is -0.354 e. The van der Waals surface area contributed by atoms with E-state index in [2.05, 4.69) is 31.9 Å². The van der Waals surface area contributed by atoms with Crippen LogP contribution in [0.15, 0.2) is 53.0 Å². The first-order chi connectivity index (χ1) is 12.5. The van der Waals surface area contributed by atoms with Crippen molar-refractivity contribution in [2.45, 2.75) is 18.9 Å². The third kappa shape index (κ3) is 4.70. The van der Waals surface area contributed by atoms with E-state index in [4.69, 9.17) is 0 Å². The Morgan fingerprint density at radius 2 is 1.58 bits per heavy atom. The third-order valence-electron chi connectivity index (χ3n) is 4.11. The van der Waals surface area contributed by atoms with Gasteiger partial charge in [-0.05, 0) is 55.0 Å². The van der Waals surface area contributed by atoms with Crippen molar-refractivity contribution in [2.75, 3.05) is 11.9 Å². The summed E-state index contributed by atoms with van der Waals surface area (Å²) in [5, 5.41) is 8.43. The van der Waals surface area contributed by atoms with Gasteiger partial charge in [-0.1, -0.05) is 15.9 Å². The summed E-state index contributed by atoms with van der Waals surface area (Å²) >= 11 is 3.33. The predicted molar refractivity (Wildman–Crippen MR) is 102 cm³/mol. The molecule has 1 heterocycles. The highest BCUT2D eigenvalue weighted by Crippen LogP contribution is 2.14. The number of rotatable bonds is 4. The maximum atomic E-state index is 12.3. The molecule has 7 heteroatoms. The molecule has 2 aromatic carbocycles. The number of hydrogen-bond acceptors (Lipinski definition) is 3. The van der Waals surface area contributed by atoms with Crippen molar-refractivity contribution in [1.82, 2.24) is 10.6 Å². The molecule has 1 saturated heterocycles. The molecule has 0 aromatic heterocycles. The van der Waals surface area contributed by atoms with E-state index in [0.717, 1.165) is 4.47 Å². The molecule has 3 rings (SSSR count). The molecule has 3 N–H and O–H groups in total. The van der Waals surface area contributed by atoms with Gasteiger partial charge in [0.1, 0.15) is 0 Å². The van der Waals surface area contributed by atoms with Gasteiger partial charge in [0.15, 0.2) is 0 Å². The van der Waals surface area contributed by atoms with Gasteiger partial charge >= 0.3 is 0 Å². The van der Waals surface area contributed by atoms with E-state index in [-0.39, 0.29) is 23.8 Å². The summed E-state index contributed by atoms with van der Waals surface area (Å²) < 4.78 is 0.905. The number of benzene rings is 2. The molecule has 26 heavy (non-hydrogen) atoms. The predicted octanol–water partition coefficient (Wildman–Crippen LogP) is 2.71. The van der Waals surface area contributed by atoms with Gasteiger partial charge in [0.25, 0.3) is 11.8 Å². The average molecular weight is 416 g/mol. The Kier molecular flexibility index (Phi) is 5.68. The van der Waals surface area contributed by atoms with Crippen molar-refractivity contribution in [2.24, 2.45) is 0 Å². The molecule has 1 aliphatic heterocycles. The first kappa shape index (κ1) is 18.1. The lowest BCUT2D eigenvalue weighted by molar-refractivity contribution is -0.122. The van der Waals surface area contributed by atoms with Crippen LogP contribution in [0.25, 0.3) is 0 Å². The summed E-state index contributed by atoms with van der Waals surface area (Å²) in [6.45, 7) is 0.450. The fourth-order valence-corrected chi connectivity index (χ4v) is 2.90. The van der Waals surface area contributed by atoms with Crippen LogP contribution in [0.2, 0.25) is 0 Å². The zero-order chi connectivity index (χ0) is 18.5. The van der Waals surface area contributed by atoms with E-state index in [0.29, 0.717) is 36.2 Å². The molecule has 0 aliphatic carbocycles. The summed E-state index contributed by atoms with van der Waals surface area (Å²) in [5.41, 5.74) is 1.66. The van der Waals surface area contributed by atoms with Gasteiger partial charge in [-0.25, -0.2) is 0 Å². The summed E-state index contributed by atoms with van der Waals surface area (Å²) in [6, 6.07) is 13.7. The lowest BCUT2D eigenvalue weighted by Gasteiger charge is -2.23. The minimum atomic E-state index is -0.215. The lowest BCUT2D eigenvalue weighted by Crippen LogP contribution is -2.47. The third-order valence-corrected chi connectivity index (χ3v) is 4.64.